The molecule has 0 unspecified atom stereocenters. The molecular formula is C14H21F2N3. The van der Waals surface area contributed by atoms with E-state index < -0.39 is 11.6 Å². The first-order valence-corrected chi connectivity index (χ1v) is 6.98. The van der Waals surface area contributed by atoms with E-state index in [1.54, 1.807) is 7.05 Å². The number of rotatable bonds is 5. The van der Waals surface area contributed by atoms with Crippen molar-refractivity contribution < 1.29 is 8.78 Å². The summed E-state index contributed by atoms with van der Waals surface area (Å²) in [5.41, 5.74) is 0. The molecule has 3 nitrogen and oxygen atoms in total. The third-order valence-electron chi connectivity index (χ3n) is 3.74. The van der Waals surface area contributed by atoms with Gasteiger partial charge in [0.1, 0.15) is 0 Å². The van der Waals surface area contributed by atoms with Gasteiger partial charge in [-0.25, -0.2) is 13.8 Å². The van der Waals surface area contributed by atoms with Gasteiger partial charge in [0.25, 0.3) is 0 Å². The van der Waals surface area contributed by atoms with E-state index in [-0.39, 0.29) is 11.6 Å². The average Bonchev–Trinajstić information content (AvgIpc) is 2.42. The quantitative estimate of drug-likeness (QED) is 0.854. The smallest absolute Gasteiger partial charge is 0.168 e. The van der Waals surface area contributed by atoms with Gasteiger partial charge in [0.15, 0.2) is 23.3 Å². The van der Waals surface area contributed by atoms with E-state index in [0.717, 1.165) is 18.4 Å². The zero-order chi connectivity index (χ0) is 13.7. The molecule has 2 N–H and O–H groups in total. The lowest BCUT2D eigenvalue weighted by Gasteiger charge is -2.21. The van der Waals surface area contributed by atoms with Crippen molar-refractivity contribution in [2.24, 2.45) is 5.92 Å². The summed E-state index contributed by atoms with van der Waals surface area (Å²) in [6.45, 7) is 0.684. The summed E-state index contributed by atoms with van der Waals surface area (Å²) < 4.78 is 26.8. The number of hydrogen-bond acceptors (Lipinski definition) is 3. The minimum absolute atomic E-state index is 0.0709. The summed E-state index contributed by atoms with van der Waals surface area (Å²) in [4.78, 5) is 3.90. The van der Waals surface area contributed by atoms with Gasteiger partial charge in [-0.1, -0.05) is 32.1 Å². The molecule has 19 heavy (non-hydrogen) atoms. The molecule has 1 aliphatic rings. The van der Waals surface area contributed by atoms with Gasteiger partial charge in [0, 0.05) is 19.7 Å². The Labute approximate surface area is 112 Å². The molecule has 0 radical (unpaired) electrons. The summed E-state index contributed by atoms with van der Waals surface area (Å²) >= 11 is 0. The molecule has 1 aromatic rings. The van der Waals surface area contributed by atoms with Gasteiger partial charge in [-0.3, -0.25) is 0 Å². The molecule has 0 aromatic carbocycles. The van der Waals surface area contributed by atoms with Crippen LogP contribution in [0.15, 0.2) is 6.07 Å². The van der Waals surface area contributed by atoms with Crippen molar-refractivity contribution in [3.8, 4) is 0 Å². The van der Waals surface area contributed by atoms with Crippen LogP contribution in [0.3, 0.4) is 0 Å². The van der Waals surface area contributed by atoms with Gasteiger partial charge in [-0.2, -0.15) is 0 Å². The second-order valence-corrected chi connectivity index (χ2v) is 5.12. The maximum absolute atomic E-state index is 13.5. The molecule has 1 saturated carbocycles. The second kappa shape index (κ2) is 6.68. The highest BCUT2D eigenvalue weighted by Gasteiger charge is 2.14. The summed E-state index contributed by atoms with van der Waals surface area (Å²) in [6, 6.07) is 0.863. The minimum atomic E-state index is -0.669. The van der Waals surface area contributed by atoms with Crippen molar-refractivity contribution in [2.75, 3.05) is 24.2 Å². The van der Waals surface area contributed by atoms with Gasteiger partial charge in [0.2, 0.25) is 0 Å². The van der Waals surface area contributed by atoms with E-state index >= 15 is 0 Å². The SMILES string of the molecule is CNc1nc(NCCC2CCCCC2)c(F)cc1F. The molecule has 1 aliphatic carbocycles. The maximum Gasteiger partial charge on any atom is 0.168 e. The summed E-state index contributed by atoms with van der Waals surface area (Å²) in [5.74, 6) is -0.380. The highest BCUT2D eigenvalue weighted by Crippen LogP contribution is 2.26. The third kappa shape index (κ3) is 3.78. The van der Waals surface area contributed by atoms with E-state index in [9.17, 15) is 8.78 Å². The Morgan fingerprint density at radius 1 is 1.16 bits per heavy atom. The molecule has 0 atom stereocenters. The van der Waals surface area contributed by atoms with Crippen LogP contribution in [0, 0.1) is 17.6 Å². The lowest BCUT2D eigenvalue weighted by Crippen LogP contribution is -2.14. The third-order valence-corrected chi connectivity index (χ3v) is 3.74. The van der Waals surface area contributed by atoms with Crippen LogP contribution in [0.25, 0.3) is 0 Å². The topological polar surface area (TPSA) is 37.0 Å². The molecule has 1 aromatic heterocycles. The monoisotopic (exact) mass is 269 g/mol. The van der Waals surface area contributed by atoms with Crippen LogP contribution in [0.1, 0.15) is 38.5 Å². The minimum Gasteiger partial charge on any atom is -0.371 e. The highest BCUT2D eigenvalue weighted by atomic mass is 19.1. The predicted molar refractivity (Wildman–Crippen MR) is 73.4 cm³/mol. The van der Waals surface area contributed by atoms with E-state index in [1.165, 1.54) is 32.1 Å². The van der Waals surface area contributed by atoms with Crippen LogP contribution in [-0.2, 0) is 0 Å². The Hall–Kier alpha value is -1.39. The van der Waals surface area contributed by atoms with Gasteiger partial charge >= 0.3 is 0 Å². The van der Waals surface area contributed by atoms with E-state index in [1.807, 2.05) is 0 Å². The summed E-state index contributed by atoms with van der Waals surface area (Å²) in [6.07, 6.45) is 7.50. The van der Waals surface area contributed by atoms with Crippen LogP contribution >= 0.6 is 0 Å². The normalized spacial score (nSPS) is 16.4. The molecule has 5 heteroatoms. The van der Waals surface area contributed by atoms with Gasteiger partial charge in [-0.05, 0) is 12.3 Å². The Morgan fingerprint density at radius 3 is 2.53 bits per heavy atom. The predicted octanol–water partition coefficient (Wildman–Crippen LogP) is 3.78. The molecule has 0 aliphatic heterocycles. The number of nitrogens with zero attached hydrogens (tertiary/aromatic N) is 1. The Kier molecular flexibility index (Phi) is 4.93. The first-order valence-electron chi connectivity index (χ1n) is 6.98. The van der Waals surface area contributed by atoms with Crippen LogP contribution < -0.4 is 10.6 Å². The largest absolute Gasteiger partial charge is 0.371 e. The van der Waals surface area contributed by atoms with Crippen LogP contribution in [-0.4, -0.2) is 18.6 Å². The standard InChI is InChI=1S/C14H21F2N3/c1-17-13-11(15)9-12(16)14(19-13)18-8-7-10-5-3-2-4-6-10/h9-10H,2-8H2,1H3,(H2,17,18,19). The van der Waals surface area contributed by atoms with Crippen molar-refractivity contribution >= 4 is 11.6 Å². The van der Waals surface area contributed by atoms with E-state index in [2.05, 4.69) is 15.6 Å². The molecular weight excluding hydrogens is 248 g/mol. The number of pyridine rings is 1. The lowest BCUT2D eigenvalue weighted by atomic mass is 9.87. The van der Waals surface area contributed by atoms with Gasteiger partial charge < -0.3 is 10.6 Å². The molecule has 0 amide bonds. The van der Waals surface area contributed by atoms with Crippen LogP contribution in [0.4, 0.5) is 20.4 Å². The van der Waals surface area contributed by atoms with E-state index in [0.29, 0.717) is 6.54 Å². The molecule has 0 spiro atoms. The van der Waals surface area contributed by atoms with Crippen LogP contribution in [0.5, 0.6) is 0 Å². The highest BCUT2D eigenvalue weighted by molar-refractivity contribution is 5.47. The zero-order valence-corrected chi connectivity index (χ0v) is 11.3. The Bertz CT molecular complexity index is 417. The fraction of sp³-hybridized carbons (Fsp3) is 0.643. The maximum atomic E-state index is 13.5. The molecule has 0 bridgehead atoms. The summed E-state index contributed by atoms with van der Waals surface area (Å²) in [5, 5.41) is 5.58. The number of hydrogen-bond donors (Lipinski definition) is 2. The summed E-state index contributed by atoms with van der Waals surface area (Å²) in [7, 11) is 1.56. The number of anilines is 2. The number of halogens is 2. The van der Waals surface area contributed by atoms with Crippen molar-refractivity contribution in [1.29, 1.82) is 0 Å². The van der Waals surface area contributed by atoms with E-state index in [4.69, 9.17) is 0 Å². The zero-order valence-electron chi connectivity index (χ0n) is 11.3. The first kappa shape index (κ1) is 14.0. The van der Waals surface area contributed by atoms with Crippen molar-refractivity contribution in [3.05, 3.63) is 17.7 Å². The first-order chi connectivity index (χ1) is 9.20. The van der Waals surface area contributed by atoms with Gasteiger partial charge in [-0.15, -0.1) is 0 Å². The molecule has 1 fully saturated rings. The van der Waals surface area contributed by atoms with Crippen molar-refractivity contribution in [2.45, 2.75) is 38.5 Å². The van der Waals surface area contributed by atoms with Crippen LogP contribution in [0.2, 0.25) is 0 Å². The Balaban J connectivity index is 1.88. The fourth-order valence-electron chi connectivity index (χ4n) is 2.64. The molecule has 0 saturated heterocycles. The second-order valence-electron chi connectivity index (χ2n) is 5.12. The molecule has 106 valence electrons. The lowest BCUT2D eigenvalue weighted by molar-refractivity contribution is 0.345. The van der Waals surface area contributed by atoms with Crippen molar-refractivity contribution in [1.82, 2.24) is 4.98 Å². The van der Waals surface area contributed by atoms with Gasteiger partial charge in [0.05, 0.1) is 0 Å². The average molecular weight is 269 g/mol. The molecule has 1 heterocycles. The molecule has 2 rings (SSSR count). The number of nitrogens with one attached hydrogen (secondary N) is 2. The number of aromatic nitrogens is 1. The fourth-order valence-corrected chi connectivity index (χ4v) is 2.64. The Morgan fingerprint density at radius 2 is 1.84 bits per heavy atom. The van der Waals surface area contributed by atoms with Crippen molar-refractivity contribution in [3.63, 3.8) is 0 Å².